The minimum Gasteiger partial charge on any atom is -0.379 e. The summed E-state index contributed by atoms with van der Waals surface area (Å²) in [5.74, 6) is 0. The molecule has 0 amide bonds. The van der Waals surface area contributed by atoms with Gasteiger partial charge >= 0.3 is 0 Å². The Kier molecular flexibility index (Phi) is 4.74. The van der Waals surface area contributed by atoms with E-state index in [-0.39, 0.29) is 0 Å². The number of aliphatic imine (C=N–C) groups is 1. The van der Waals surface area contributed by atoms with Crippen molar-refractivity contribution in [3.8, 4) is 0 Å². The first-order valence-corrected chi connectivity index (χ1v) is 4.56. The first-order valence-electron chi connectivity index (χ1n) is 2.16. The van der Waals surface area contributed by atoms with Gasteiger partial charge in [-0.2, -0.15) is 0 Å². The van der Waals surface area contributed by atoms with Crippen molar-refractivity contribution in [2.75, 3.05) is 11.7 Å². The zero-order valence-electron chi connectivity index (χ0n) is 4.64. The van der Waals surface area contributed by atoms with Crippen molar-refractivity contribution in [3.63, 3.8) is 0 Å². The zero-order chi connectivity index (χ0) is 5.70. The molecule has 0 rings (SSSR count). The van der Waals surface area contributed by atoms with Crippen molar-refractivity contribution in [1.29, 1.82) is 0 Å². The summed E-state index contributed by atoms with van der Waals surface area (Å²) >= 11 is 2.81. The van der Waals surface area contributed by atoms with Gasteiger partial charge in [0.2, 0.25) is 16.3 Å². The van der Waals surface area contributed by atoms with Crippen LogP contribution >= 0.6 is 11.8 Å². The van der Waals surface area contributed by atoms with Crippen LogP contribution in [-0.2, 0) is 0 Å². The maximum absolute atomic E-state index is 5.32. The average Bonchev–Trinajstić information content (AvgIpc) is 1.68. The number of amidine groups is 1. The SMILES string of the molecule is CN=C(N)S[CH2][AlH2]. The third kappa shape index (κ3) is 4.20. The molecule has 0 unspecified atom stereocenters. The molecule has 0 aromatic heterocycles. The van der Waals surface area contributed by atoms with Crippen LogP contribution in [-0.4, -0.2) is 33.1 Å². The van der Waals surface area contributed by atoms with E-state index in [2.05, 4.69) is 4.99 Å². The van der Waals surface area contributed by atoms with Crippen LogP contribution in [0.2, 0.25) is 0 Å². The van der Waals surface area contributed by atoms with Crippen molar-refractivity contribution in [2.24, 2.45) is 10.7 Å². The fraction of sp³-hybridized carbons (Fsp3) is 0.667. The van der Waals surface area contributed by atoms with Gasteiger partial charge in [0.1, 0.15) is 0 Å². The molecule has 0 saturated carbocycles. The van der Waals surface area contributed by atoms with Crippen LogP contribution in [0.1, 0.15) is 0 Å². The number of hydrogen-bond acceptors (Lipinski definition) is 2. The summed E-state index contributed by atoms with van der Waals surface area (Å²) in [4.78, 5) is 3.76. The highest BCUT2D eigenvalue weighted by atomic mass is 32.2. The summed E-state index contributed by atoms with van der Waals surface area (Å²) in [5, 5.41) is 0.704. The van der Waals surface area contributed by atoms with Gasteiger partial charge in [0.05, 0.1) is 0 Å². The molecule has 0 saturated heterocycles. The molecule has 40 valence electrons. The second-order valence-corrected chi connectivity index (χ2v) is 4.01. The highest BCUT2D eigenvalue weighted by Gasteiger charge is 1.83. The van der Waals surface area contributed by atoms with E-state index in [9.17, 15) is 0 Å². The van der Waals surface area contributed by atoms with E-state index in [0.717, 1.165) is 4.61 Å². The standard InChI is InChI=1S/C3H7N2S.Al.2H/c1-5-3(4)6-2;;;/h2H2,1H3,(H2,4,5);;;. The van der Waals surface area contributed by atoms with Gasteiger partial charge in [-0.25, -0.2) is 0 Å². The molecule has 0 aromatic rings. The smallest absolute Gasteiger partial charge is 0.228 e. The molecule has 0 radical (unpaired) electrons. The molecule has 0 aliphatic carbocycles. The first kappa shape index (κ1) is 7.35. The largest absolute Gasteiger partial charge is 0.379 e. The van der Waals surface area contributed by atoms with Gasteiger partial charge in [0, 0.05) is 7.05 Å². The Morgan fingerprint density at radius 3 is 2.71 bits per heavy atom. The molecule has 0 aromatic carbocycles. The van der Waals surface area contributed by atoms with Crippen LogP contribution in [0, 0.1) is 0 Å². The first-order chi connectivity index (χ1) is 3.31. The number of rotatable bonds is 1. The summed E-state index contributed by atoms with van der Waals surface area (Å²) in [6.07, 6.45) is 0. The fourth-order valence-corrected chi connectivity index (χ4v) is 1.52. The average molecular weight is 132 g/mol. The minimum absolute atomic E-state index is 0.704. The van der Waals surface area contributed by atoms with E-state index in [1.54, 1.807) is 18.8 Å². The molecule has 0 fully saturated rings. The quantitative estimate of drug-likeness (QED) is 0.290. The molecule has 7 heavy (non-hydrogen) atoms. The Morgan fingerprint density at radius 2 is 2.57 bits per heavy atom. The lowest BCUT2D eigenvalue weighted by molar-refractivity contribution is 1.44. The summed E-state index contributed by atoms with van der Waals surface area (Å²) < 4.78 is 1.14. The van der Waals surface area contributed by atoms with Crippen molar-refractivity contribution >= 4 is 33.2 Å². The van der Waals surface area contributed by atoms with Gasteiger partial charge in [-0.3, -0.25) is 4.99 Å². The molecule has 0 spiro atoms. The number of thioether (sulfide) groups is 1. The van der Waals surface area contributed by atoms with Gasteiger partial charge < -0.3 is 5.73 Å². The van der Waals surface area contributed by atoms with Gasteiger partial charge in [0.25, 0.3) is 0 Å². The van der Waals surface area contributed by atoms with Crippen LogP contribution in [0.4, 0.5) is 0 Å². The molecule has 4 heteroatoms. The van der Waals surface area contributed by atoms with Crippen molar-refractivity contribution in [1.82, 2.24) is 0 Å². The molecule has 0 heterocycles. The molecule has 2 N–H and O–H groups in total. The summed E-state index contributed by atoms with van der Waals surface area (Å²) in [7, 11) is 1.71. The lowest BCUT2D eigenvalue weighted by Crippen LogP contribution is -2.06. The van der Waals surface area contributed by atoms with E-state index in [1.165, 1.54) is 16.3 Å². The molecule has 2 nitrogen and oxygen atoms in total. The van der Waals surface area contributed by atoms with E-state index in [1.807, 2.05) is 0 Å². The Balaban J connectivity index is 3.17. The molecule has 0 bridgehead atoms. The summed E-state index contributed by atoms with van der Waals surface area (Å²) in [6.45, 7) is 0. The Morgan fingerprint density at radius 1 is 2.00 bits per heavy atom. The molecule has 0 aliphatic heterocycles. The molecular formula is C3H9AlN2S. The Hall–Kier alpha value is 0.352. The monoisotopic (exact) mass is 132 g/mol. The number of hydrogen-bond donors (Lipinski definition) is 1. The van der Waals surface area contributed by atoms with Gasteiger partial charge in [-0.15, -0.1) is 11.8 Å². The van der Waals surface area contributed by atoms with Crippen LogP contribution in [0.3, 0.4) is 0 Å². The highest BCUT2D eigenvalue weighted by molar-refractivity contribution is 8.14. The van der Waals surface area contributed by atoms with Gasteiger partial charge in [-0.1, -0.05) is 4.61 Å². The fourth-order valence-electron chi connectivity index (χ4n) is 0.212. The third-order valence-electron chi connectivity index (χ3n) is 0.513. The van der Waals surface area contributed by atoms with Crippen molar-refractivity contribution in [2.45, 2.75) is 0 Å². The van der Waals surface area contributed by atoms with E-state index < -0.39 is 0 Å². The van der Waals surface area contributed by atoms with E-state index >= 15 is 0 Å². The number of nitrogens with two attached hydrogens (primary N) is 1. The van der Waals surface area contributed by atoms with Gasteiger partial charge in [0.15, 0.2) is 5.17 Å². The van der Waals surface area contributed by atoms with Crippen LogP contribution in [0.25, 0.3) is 0 Å². The van der Waals surface area contributed by atoms with Crippen LogP contribution < -0.4 is 5.73 Å². The van der Waals surface area contributed by atoms with Crippen LogP contribution in [0.15, 0.2) is 4.99 Å². The normalized spacial score (nSPS) is 11.9. The zero-order valence-corrected chi connectivity index (χ0v) is 7.46. The summed E-state index contributed by atoms with van der Waals surface area (Å²) in [5.41, 5.74) is 5.32. The number of nitrogens with zero attached hydrogens (tertiary/aromatic N) is 1. The van der Waals surface area contributed by atoms with Crippen LogP contribution in [0.5, 0.6) is 0 Å². The molecular weight excluding hydrogens is 123 g/mol. The highest BCUT2D eigenvalue weighted by Crippen LogP contribution is 1.92. The molecule has 0 aliphatic rings. The third-order valence-corrected chi connectivity index (χ3v) is 2.15. The van der Waals surface area contributed by atoms with Crippen molar-refractivity contribution in [3.05, 3.63) is 0 Å². The second-order valence-electron chi connectivity index (χ2n) is 0.995. The van der Waals surface area contributed by atoms with Gasteiger partial charge in [-0.05, 0) is 0 Å². The van der Waals surface area contributed by atoms with Crippen molar-refractivity contribution < 1.29 is 0 Å². The predicted octanol–water partition coefficient (Wildman–Crippen LogP) is -0.745. The maximum Gasteiger partial charge on any atom is 0.228 e. The Labute approximate surface area is 56.0 Å². The second kappa shape index (κ2) is 4.51. The molecule has 0 atom stereocenters. The lowest BCUT2D eigenvalue weighted by atomic mass is 11.3. The van der Waals surface area contributed by atoms with E-state index in [4.69, 9.17) is 5.73 Å². The topological polar surface area (TPSA) is 38.4 Å². The Bertz CT molecular complexity index is 73.3. The lowest BCUT2D eigenvalue weighted by Gasteiger charge is -1.90. The minimum atomic E-state index is 0.704. The summed E-state index contributed by atoms with van der Waals surface area (Å²) in [6, 6.07) is 0. The predicted molar refractivity (Wildman–Crippen MR) is 38.5 cm³/mol. The van der Waals surface area contributed by atoms with E-state index in [0.29, 0.717) is 5.17 Å². The maximum atomic E-state index is 5.32.